The summed E-state index contributed by atoms with van der Waals surface area (Å²) in [5.41, 5.74) is 1.33. The van der Waals surface area contributed by atoms with Gasteiger partial charge in [-0.1, -0.05) is 24.3 Å². The molecule has 0 aliphatic rings. The zero-order chi connectivity index (χ0) is 26.6. The summed E-state index contributed by atoms with van der Waals surface area (Å²) in [7, 11) is 1.47. The van der Waals surface area contributed by atoms with Crippen LogP contribution in [0.25, 0.3) is 10.8 Å². The number of hydrogen-bond donors (Lipinski definition) is 1. The van der Waals surface area contributed by atoms with Crippen LogP contribution in [0.3, 0.4) is 0 Å². The molecule has 0 heterocycles. The molecule has 0 saturated heterocycles. The maximum atomic E-state index is 12.9. The molecule has 0 unspecified atom stereocenters. The molecule has 1 amide bonds. The van der Waals surface area contributed by atoms with E-state index in [1.54, 1.807) is 24.3 Å². The van der Waals surface area contributed by atoms with Crippen LogP contribution in [0.5, 0.6) is 17.2 Å². The van der Waals surface area contributed by atoms with E-state index in [1.807, 2.05) is 24.3 Å². The molecule has 0 fully saturated rings. The van der Waals surface area contributed by atoms with Gasteiger partial charge in [-0.2, -0.15) is 18.3 Å². The van der Waals surface area contributed by atoms with E-state index in [9.17, 15) is 28.1 Å². The number of ether oxygens (including phenoxy) is 2. The Balaban J connectivity index is 1.45. The first-order valence-electron chi connectivity index (χ1n) is 10.7. The lowest BCUT2D eigenvalue weighted by Crippen LogP contribution is -2.18. The van der Waals surface area contributed by atoms with Gasteiger partial charge in [-0.25, -0.2) is 5.43 Å². The Bertz CT molecular complexity index is 1500. The van der Waals surface area contributed by atoms with Gasteiger partial charge in [-0.3, -0.25) is 14.9 Å². The maximum absolute atomic E-state index is 12.9. The smallest absolute Gasteiger partial charge is 0.416 e. The fraction of sp³-hybridized carbons (Fsp3) is 0.0769. The molecule has 4 aromatic carbocycles. The van der Waals surface area contributed by atoms with Crippen LogP contribution in [0, 0.1) is 10.1 Å². The topological polar surface area (TPSA) is 103 Å². The molecule has 0 radical (unpaired) electrons. The van der Waals surface area contributed by atoms with E-state index in [0.717, 1.165) is 16.8 Å². The standard InChI is InChI=1S/C26H18F3N3O5/c1-36-24-13-18-5-3-2-4-17(18)12-21(24)25(33)31-30-15-16-6-9-20(10-7-16)37-23-11-8-19(26(27,28)29)14-22(23)32(34)35/h2-15H,1H3,(H,31,33)/b30-15-. The highest BCUT2D eigenvalue weighted by Gasteiger charge is 2.33. The average molecular weight is 509 g/mol. The van der Waals surface area contributed by atoms with E-state index in [4.69, 9.17) is 9.47 Å². The number of nitrogens with zero attached hydrogens (tertiary/aromatic N) is 2. The molecule has 4 aromatic rings. The predicted octanol–water partition coefficient (Wildman–Crippen LogP) is 6.33. The highest BCUT2D eigenvalue weighted by Crippen LogP contribution is 2.37. The molecule has 0 spiro atoms. The van der Waals surface area contributed by atoms with Crippen LogP contribution in [0.2, 0.25) is 0 Å². The van der Waals surface area contributed by atoms with Crippen LogP contribution in [-0.2, 0) is 6.18 Å². The van der Waals surface area contributed by atoms with E-state index in [2.05, 4.69) is 10.5 Å². The number of hydrogen-bond acceptors (Lipinski definition) is 6. The number of methoxy groups -OCH3 is 1. The van der Waals surface area contributed by atoms with Crippen molar-refractivity contribution in [1.29, 1.82) is 0 Å². The molecular formula is C26H18F3N3O5. The fourth-order valence-corrected chi connectivity index (χ4v) is 3.46. The molecule has 1 N–H and O–H groups in total. The molecule has 0 aliphatic carbocycles. The lowest BCUT2D eigenvalue weighted by atomic mass is 10.1. The molecule has 4 rings (SSSR count). The van der Waals surface area contributed by atoms with Gasteiger partial charge in [0.25, 0.3) is 5.91 Å². The fourth-order valence-electron chi connectivity index (χ4n) is 3.46. The zero-order valence-electron chi connectivity index (χ0n) is 19.2. The number of carbonyl (C=O) groups is 1. The van der Waals surface area contributed by atoms with E-state index >= 15 is 0 Å². The molecule has 0 aromatic heterocycles. The Morgan fingerprint density at radius 2 is 1.65 bits per heavy atom. The van der Waals surface area contributed by atoms with Crippen LogP contribution in [0.1, 0.15) is 21.5 Å². The van der Waals surface area contributed by atoms with Gasteiger partial charge < -0.3 is 9.47 Å². The minimum Gasteiger partial charge on any atom is -0.496 e. The van der Waals surface area contributed by atoms with Crippen LogP contribution < -0.4 is 14.9 Å². The number of fused-ring (bicyclic) bond motifs is 1. The Morgan fingerprint density at radius 3 is 2.27 bits per heavy atom. The monoisotopic (exact) mass is 509 g/mol. The zero-order valence-corrected chi connectivity index (χ0v) is 19.2. The second-order valence-corrected chi connectivity index (χ2v) is 7.71. The molecule has 0 bridgehead atoms. The van der Waals surface area contributed by atoms with Crippen molar-refractivity contribution in [2.24, 2.45) is 5.10 Å². The average Bonchev–Trinajstić information content (AvgIpc) is 2.88. The number of carbonyl (C=O) groups excluding carboxylic acids is 1. The molecule has 37 heavy (non-hydrogen) atoms. The molecular weight excluding hydrogens is 491 g/mol. The van der Waals surface area contributed by atoms with Gasteiger partial charge in [0, 0.05) is 6.07 Å². The summed E-state index contributed by atoms with van der Waals surface area (Å²) < 4.78 is 49.4. The number of nitro groups is 1. The third kappa shape index (κ3) is 5.84. The number of alkyl halides is 3. The summed E-state index contributed by atoms with van der Waals surface area (Å²) in [5, 5.41) is 16.9. The lowest BCUT2D eigenvalue weighted by Gasteiger charge is -2.10. The number of nitro benzene ring substituents is 1. The largest absolute Gasteiger partial charge is 0.496 e. The molecule has 11 heteroatoms. The Labute approximate surface area is 208 Å². The number of nitrogens with one attached hydrogen (secondary N) is 1. The molecule has 188 valence electrons. The first-order chi connectivity index (χ1) is 17.7. The van der Waals surface area contributed by atoms with Gasteiger partial charge in [-0.05, 0) is 64.9 Å². The highest BCUT2D eigenvalue weighted by molar-refractivity contribution is 6.02. The minimum absolute atomic E-state index is 0.157. The van der Waals surface area contributed by atoms with Crippen molar-refractivity contribution in [2.75, 3.05) is 7.11 Å². The van der Waals surface area contributed by atoms with E-state index in [1.165, 1.54) is 25.5 Å². The van der Waals surface area contributed by atoms with Gasteiger partial charge in [0.2, 0.25) is 5.75 Å². The number of hydrazone groups is 1. The Morgan fingerprint density at radius 1 is 0.973 bits per heavy atom. The van der Waals surface area contributed by atoms with Gasteiger partial charge >= 0.3 is 11.9 Å². The molecule has 0 aliphatic heterocycles. The summed E-state index contributed by atoms with van der Waals surface area (Å²) in [5.74, 6) is -0.264. The normalized spacial score (nSPS) is 11.5. The summed E-state index contributed by atoms with van der Waals surface area (Å²) in [6, 6.07) is 19.0. The van der Waals surface area contributed by atoms with E-state index in [-0.39, 0.29) is 11.5 Å². The lowest BCUT2D eigenvalue weighted by molar-refractivity contribution is -0.385. The molecule has 0 saturated carbocycles. The summed E-state index contributed by atoms with van der Waals surface area (Å²) in [4.78, 5) is 22.9. The van der Waals surface area contributed by atoms with Crippen molar-refractivity contribution in [3.63, 3.8) is 0 Å². The Kier molecular flexibility index (Phi) is 7.05. The quantitative estimate of drug-likeness (QED) is 0.178. The minimum atomic E-state index is -4.72. The molecule has 0 atom stereocenters. The van der Waals surface area contributed by atoms with Gasteiger partial charge in [-0.15, -0.1) is 0 Å². The third-order valence-corrected chi connectivity index (χ3v) is 5.28. The molecule has 8 nitrogen and oxygen atoms in total. The second kappa shape index (κ2) is 10.4. The maximum Gasteiger partial charge on any atom is 0.416 e. The van der Waals surface area contributed by atoms with E-state index in [0.29, 0.717) is 29.0 Å². The highest BCUT2D eigenvalue weighted by atomic mass is 19.4. The van der Waals surface area contributed by atoms with Crippen molar-refractivity contribution in [3.05, 3.63) is 106 Å². The van der Waals surface area contributed by atoms with Crippen LogP contribution in [0.4, 0.5) is 18.9 Å². The van der Waals surface area contributed by atoms with Crippen molar-refractivity contribution < 1.29 is 32.4 Å². The summed E-state index contributed by atoms with van der Waals surface area (Å²) in [6.07, 6.45) is -3.35. The van der Waals surface area contributed by atoms with E-state index < -0.39 is 28.3 Å². The van der Waals surface area contributed by atoms with Gasteiger partial charge in [0.1, 0.15) is 11.5 Å². The van der Waals surface area contributed by atoms with Crippen molar-refractivity contribution in [3.8, 4) is 17.2 Å². The van der Waals surface area contributed by atoms with Gasteiger partial charge in [0.05, 0.1) is 29.4 Å². The van der Waals surface area contributed by atoms with Gasteiger partial charge in [0.15, 0.2) is 0 Å². The number of halogens is 3. The first-order valence-corrected chi connectivity index (χ1v) is 10.7. The SMILES string of the molecule is COc1cc2ccccc2cc1C(=O)N/N=C\c1ccc(Oc2ccc(C(F)(F)F)cc2[N+](=O)[O-])cc1. The van der Waals surface area contributed by atoms with Crippen molar-refractivity contribution in [1.82, 2.24) is 5.43 Å². The number of amides is 1. The number of benzene rings is 4. The number of rotatable bonds is 7. The van der Waals surface area contributed by atoms with Crippen LogP contribution in [-0.4, -0.2) is 24.2 Å². The third-order valence-electron chi connectivity index (χ3n) is 5.28. The summed E-state index contributed by atoms with van der Waals surface area (Å²) >= 11 is 0. The van der Waals surface area contributed by atoms with Crippen molar-refractivity contribution >= 4 is 28.6 Å². The first kappa shape index (κ1) is 25.2. The summed E-state index contributed by atoms with van der Waals surface area (Å²) in [6.45, 7) is 0. The Hall–Kier alpha value is -4.93. The second-order valence-electron chi connectivity index (χ2n) is 7.71. The van der Waals surface area contributed by atoms with Crippen molar-refractivity contribution in [2.45, 2.75) is 6.18 Å². The van der Waals surface area contributed by atoms with Crippen LogP contribution in [0.15, 0.2) is 84.0 Å². The van der Waals surface area contributed by atoms with Crippen LogP contribution >= 0.6 is 0 Å². The predicted molar refractivity (Wildman–Crippen MR) is 130 cm³/mol.